The van der Waals surface area contributed by atoms with Crippen molar-refractivity contribution >= 4 is 23.5 Å². The van der Waals surface area contributed by atoms with E-state index in [2.05, 4.69) is 25.3 Å². The normalized spacial score (nSPS) is 10.3. The van der Waals surface area contributed by atoms with Gasteiger partial charge >= 0.3 is 5.97 Å². The van der Waals surface area contributed by atoms with Gasteiger partial charge in [-0.3, -0.25) is 4.79 Å². The highest BCUT2D eigenvalue weighted by molar-refractivity contribution is 6.03. The number of carbonyl (C=O) groups is 2. The molecule has 0 aliphatic heterocycles. The van der Waals surface area contributed by atoms with Gasteiger partial charge in [-0.05, 0) is 37.3 Å². The second-order valence-electron chi connectivity index (χ2n) is 6.19. The highest BCUT2D eigenvalue weighted by Crippen LogP contribution is 2.14. The lowest BCUT2D eigenvalue weighted by Crippen LogP contribution is -2.16. The SMILES string of the molecule is COC(=O)c1cccc(NC(=O)c2cc(C)nc(NCc3ccccc3F)n2)c1. The Morgan fingerprint density at radius 2 is 1.86 bits per heavy atom. The van der Waals surface area contributed by atoms with Crippen LogP contribution >= 0.6 is 0 Å². The predicted molar refractivity (Wildman–Crippen MR) is 106 cm³/mol. The first-order chi connectivity index (χ1) is 14.0. The van der Waals surface area contributed by atoms with Gasteiger partial charge < -0.3 is 15.4 Å². The molecule has 0 atom stereocenters. The number of methoxy groups -OCH3 is 1. The van der Waals surface area contributed by atoms with Gasteiger partial charge in [-0.25, -0.2) is 19.2 Å². The largest absolute Gasteiger partial charge is 0.465 e. The number of esters is 1. The van der Waals surface area contributed by atoms with Crippen LogP contribution in [0.25, 0.3) is 0 Å². The van der Waals surface area contributed by atoms with E-state index in [0.717, 1.165) is 0 Å². The predicted octanol–water partition coefficient (Wildman–Crippen LogP) is 3.58. The van der Waals surface area contributed by atoms with Gasteiger partial charge in [0.1, 0.15) is 11.5 Å². The van der Waals surface area contributed by atoms with Crippen molar-refractivity contribution in [1.29, 1.82) is 0 Å². The molecule has 0 saturated carbocycles. The number of nitrogens with one attached hydrogen (secondary N) is 2. The number of aryl methyl sites for hydroxylation is 1. The number of rotatable bonds is 6. The zero-order valence-corrected chi connectivity index (χ0v) is 15.9. The molecular weight excluding hydrogens is 375 g/mol. The lowest BCUT2D eigenvalue weighted by Gasteiger charge is -2.10. The second-order valence-corrected chi connectivity index (χ2v) is 6.19. The lowest BCUT2D eigenvalue weighted by atomic mass is 10.2. The maximum Gasteiger partial charge on any atom is 0.337 e. The van der Waals surface area contributed by atoms with Crippen LogP contribution in [-0.2, 0) is 11.3 Å². The van der Waals surface area contributed by atoms with Crippen molar-refractivity contribution in [3.63, 3.8) is 0 Å². The molecule has 0 aliphatic rings. The number of hydrogen-bond acceptors (Lipinski definition) is 6. The number of aromatic nitrogens is 2. The third-order valence-corrected chi connectivity index (χ3v) is 4.02. The first-order valence-electron chi connectivity index (χ1n) is 8.79. The van der Waals surface area contributed by atoms with E-state index in [1.165, 1.54) is 25.3 Å². The van der Waals surface area contributed by atoms with Crippen molar-refractivity contribution < 1.29 is 18.7 Å². The summed E-state index contributed by atoms with van der Waals surface area (Å²) in [4.78, 5) is 32.7. The Morgan fingerprint density at radius 3 is 2.62 bits per heavy atom. The average Bonchev–Trinajstić information content (AvgIpc) is 2.72. The van der Waals surface area contributed by atoms with Crippen LogP contribution in [0.1, 0.15) is 32.1 Å². The molecule has 8 heteroatoms. The molecule has 3 rings (SSSR count). The zero-order valence-electron chi connectivity index (χ0n) is 15.9. The number of hydrogen-bond donors (Lipinski definition) is 2. The Labute approximate surface area is 167 Å². The lowest BCUT2D eigenvalue weighted by molar-refractivity contribution is 0.0600. The Bertz CT molecular complexity index is 1060. The van der Waals surface area contributed by atoms with E-state index >= 15 is 0 Å². The molecule has 0 bridgehead atoms. The summed E-state index contributed by atoms with van der Waals surface area (Å²) in [6.45, 7) is 1.91. The maximum atomic E-state index is 13.8. The van der Waals surface area contributed by atoms with Crippen LogP contribution in [0, 0.1) is 12.7 Å². The number of benzene rings is 2. The minimum absolute atomic E-state index is 0.136. The van der Waals surface area contributed by atoms with Crippen molar-refractivity contribution in [2.75, 3.05) is 17.7 Å². The highest BCUT2D eigenvalue weighted by atomic mass is 19.1. The van der Waals surface area contributed by atoms with Crippen LogP contribution < -0.4 is 10.6 Å². The molecule has 29 heavy (non-hydrogen) atoms. The Morgan fingerprint density at radius 1 is 1.07 bits per heavy atom. The summed E-state index contributed by atoms with van der Waals surface area (Å²) >= 11 is 0. The van der Waals surface area contributed by atoms with Crippen molar-refractivity contribution in [2.24, 2.45) is 0 Å². The summed E-state index contributed by atoms with van der Waals surface area (Å²) in [5, 5.41) is 5.62. The summed E-state index contributed by atoms with van der Waals surface area (Å²) < 4.78 is 18.4. The monoisotopic (exact) mass is 394 g/mol. The molecule has 1 aromatic heterocycles. The van der Waals surface area contributed by atoms with Crippen LogP contribution in [0.15, 0.2) is 54.6 Å². The van der Waals surface area contributed by atoms with Gasteiger partial charge in [0, 0.05) is 23.5 Å². The number of halogens is 1. The van der Waals surface area contributed by atoms with E-state index < -0.39 is 11.9 Å². The molecule has 1 heterocycles. The first kappa shape index (κ1) is 19.9. The molecule has 0 unspecified atom stereocenters. The van der Waals surface area contributed by atoms with E-state index in [1.54, 1.807) is 43.3 Å². The van der Waals surface area contributed by atoms with Crippen molar-refractivity contribution in [1.82, 2.24) is 9.97 Å². The van der Waals surface area contributed by atoms with Gasteiger partial charge in [-0.15, -0.1) is 0 Å². The summed E-state index contributed by atoms with van der Waals surface area (Å²) in [7, 11) is 1.28. The number of anilines is 2. The first-order valence-corrected chi connectivity index (χ1v) is 8.79. The minimum Gasteiger partial charge on any atom is -0.465 e. The second kappa shape index (κ2) is 8.92. The Kier molecular flexibility index (Phi) is 6.13. The van der Waals surface area contributed by atoms with Crippen molar-refractivity contribution in [2.45, 2.75) is 13.5 Å². The minimum atomic E-state index is -0.501. The van der Waals surface area contributed by atoms with E-state index in [4.69, 9.17) is 0 Å². The Balaban J connectivity index is 1.74. The van der Waals surface area contributed by atoms with Gasteiger partial charge in [0.05, 0.1) is 12.7 Å². The van der Waals surface area contributed by atoms with Gasteiger partial charge in [0.15, 0.2) is 0 Å². The smallest absolute Gasteiger partial charge is 0.337 e. The molecular formula is C21H19FN4O3. The fourth-order valence-electron chi connectivity index (χ4n) is 2.62. The fraction of sp³-hybridized carbons (Fsp3) is 0.143. The van der Waals surface area contributed by atoms with E-state index in [9.17, 15) is 14.0 Å². The van der Waals surface area contributed by atoms with Crippen LogP contribution in [0.4, 0.5) is 16.0 Å². The summed E-state index contributed by atoms with van der Waals surface area (Å²) in [5.41, 5.74) is 1.91. The van der Waals surface area contributed by atoms with Crippen LogP contribution in [0.3, 0.4) is 0 Å². The topological polar surface area (TPSA) is 93.2 Å². The number of carbonyl (C=O) groups excluding carboxylic acids is 2. The van der Waals surface area contributed by atoms with Gasteiger partial charge in [-0.2, -0.15) is 0 Å². The van der Waals surface area contributed by atoms with Crippen molar-refractivity contribution in [3.8, 4) is 0 Å². The standard InChI is InChI=1S/C21H19FN4O3/c1-13-10-18(19(27)25-16-8-5-7-14(11-16)20(28)29-2)26-21(24-13)23-12-15-6-3-4-9-17(15)22/h3-11H,12H2,1-2H3,(H,25,27)(H,23,24,26). The maximum absolute atomic E-state index is 13.8. The molecule has 148 valence electrons. The number of nitrogens with zero attached hydrogens (tertiary/aromatic N) is 2. The van der Waals surface area contributed by atoms with Gasteiger partial charge in [0.2, 0.25) is 5.95 Å². The third-order valence-electron chi connectivity index (χ3n) is 4.02. The van der Waals surface area contributed by atoms with Gasteiger partial charge in [0.25, 0.3) is 5.91 Å². The molecule has 0 radical (unpaired) electrons. The fourth-order valence-corrected chi connectivity index (χ4v) is 2.62. The van der Waals surface area contributed by atoms with Crippen LogP contribution in [0.5, 0.6) is 0 Å². The molecule has 3 aromatic rings. The molecule has 2 aromatic carbocycles. The molecule has 7 nitrogen and oxygen atoms in total. The molecule has 1 amide bonds. The summed E-state index contributed by atoms with van der Waals surface area (Å²) in [6, 6.07) is 14.3. The third kappa shape index (κ3) is 5.13. The zero-order chi connectivity index (χ0) is 20.8. The number of amides is 1. The van der Waals surface area contributed by atoms with E-state index in [0.29, 0.717) is 22.5 Å². The summed E-state index contributed by atoms with van der Waals surface area (Å²) in [5.74, 6) is -1.09. The van der Waals surface area contributed by atoms with Crippen molar-refractivity contribution in [3.05, 3.63) is 82.9 Å². The molecule has 0 aliphatic carbocycles. The molecule has 0 spiro atoms. The number of ether oxygens (including phenoxy) is 1. The van der Waals surface area contributed by atoms with Crippen LogP contribution in [-0.4, -0.2) is 29.0 Å². The van der Waals surface area contributed by atoms with E-state index in [-0.39, 0.29) is 24.0 Å². The van der Waals surface area contributed by atoms with Gasteiger partial charge in [-0.1, -0.05) is 24.3 Å². The quantitative estimate of drug-likeness (QED) is 0.621. The summed E-state index contributed by atoms with van der Waals surface area (Å²) in [6.07, 6.45) is 0. The average molecular weight is 394 g/mol. The van der Waals surface area contributed by atoms with E-state index in [1.807, 2.05) is 0 Å². The molecule has 2 N–H and O–H groups in total. The highest BCUT2D eigenvalue weighted by Gasteiger charge is 2.13. The molecule has 0 fully saturated rings. The Hall–Kier alpha value is -3.81. The molecule has 0 saturated heterocycles. The van der Waals surface area contributed by atoms with Crippen LogP contribution in [0.2, 0.25) is 0 Å².